The van der Waals surface area contributed by atoms with E-state index in [1.54, 1.807) is 0 Å². The molecule has 5 heteroatoms. The molecule has 0 unspecified atom stereocenters. The van der Waals surface area contributed by atoms with Gasteiger partial charge in [0.1, 0.15) is 0 Å². The first kappa shape index (κ1) is 19.6. The van der Waals surface area contributed by atoms with Crippen molar-refractivity contribution in [3.63, 3.8) is 0 Å². The van der Waals surface area contributed by atoms with E-state index in [0.29, 0.717) is 19.6 Å². The van der Waals surface area contributed by atoms with E-state index in [1.165, 1.54) is 5.56 Å². The van der Waals surface area contributed by atoms with E-state index >= 15 is 0 Å². The fraction of sp³-hybridized carbons (Fsp3) is 0.417. The van der Waals surface area contributed by atoms with Gasteiger partial charge in [0.25, 0.3) is 0 Å². The fourth-order valence-corrected chi connectivity index (χ4v) is 4.20. The van der Waals surface area contributed by atoms with Crippen molar-refractivity contribution >= 4 is 17.5 Å². The van der Waals surface area contributed by atoms with Crippen LogP contribution in [0.15, 0.2) is 48.5 Å². The number of hydrogen-bond donors (Lipinski definition) is 1. The van der Waals surface area contributed by atoms with Crippen LogP contribution in [0.1, 0.15) is 29.5 Å². The van der Waals surface area contributed by atoms with Gasteiger partial charge in [-0.05, 0) is 49.4 Å². The van der Waals surface area contributed by atoms with Gasteiger partial charge in [0.05, 0.1) is 12.0 Å². The van der Waals surface area contributed by atoms with Crippen LogP contribution in [0.4, 0.5) is 5.69 Å². The Labute approximate surface area is 172 Å². The third-order valence-electron chi connectivity index (χ3n) is 6.39. The third-order valence-corrected chi connectivity index (χ3v) is 6.39. The molecule has 0 bridgehead atoms. The number of carbonyl (C=O) groups excluding carboxylic acids is 2. The molecule has 2 aromatic carbocycles. The van der Waals surface area contributed by atoms with Crippen LogP contribution >= 0.6 is 0 Å². The zero-order valence-electron chi connectivity index (χ0n) is 17.3. The fourth-order valence-electron chi connectivity index (χ4n) is 4.20. The van der Waals surface area contributed by atoms with Crippen molar-refractivity contribution in [1.29, 1.82) is 0 Å². The highest BCUT2D eigenvalue weighted by molar-refractivity contribution is 5.93. The topological polar surface area (TPSA) is 52.7 Å². The van der Waals surface area contributed by atoms with Crippen molar-refractivity contribution < 1.29 is 9.59 Å². The predicted molar refractivity (Wildman–Crippen MR) is 115 cm³/mol. The van der Waals surface area contributed by atoms with Crippen LogP contribution < -0.4 is 5.32 Å². The Balaban J connectivity index is 1.30. The minimum absolute atomic E-state index is 0.00132. The summed E-state index contributed by atoms with van der Waals surface area (Å²) in [5.41, 5.74) is 3.99. The number of amides is 2. The molecule has 152 valence electrons. The van der Waals surface area contributed by atoms with Gasteiger partial charge in [-0.2, -0.15) is 0 Å². The molecule has 1 aliphatic carbocycles. The molecule has 2 fully saturated rings. The summed E-state index contributed by atoms with van der Waals surface area (Å²) >= 11 is 0. The first-order valence-corrected chi connectivity index (χ1v) is 10.4. The van der Waals surface area contributed by atoms with E-state index in [0.717, 1.165) is 42.7 Å². The van der Waals surface area contributed by atoms with Crippen LogP contribution in [-0.4, -0.2) is 54.3 Å². The van der Waals surface area contributed by atoms with E-state index < -0.39 is 0 Å². The molecule has 1 N–H and O–H groups in total. The lowest BCUT2D eigenvalue weighted by Gasteiger charge is -2.36. The molecule has 1 saturated carbocycles. The average molecular weight is 392 g/mol. The van der Waals surface area contributed by atoms with Gasteiger partial charge < -0.3 is 10.2 Å². The average Bonchev–Trinajstić information content (AvgIpc) is 3.54. The zero-order chi connectivity index (χ0) is 20.4. The SMILES string of the molecule is Cc1cccc(NC(=O)CN2CCN(C(=O)C3(c4ccccc4)CC3)CC2)c1C. The summed E-state index contributed by atoms with van der Waals surface area (Å²) in [7, 11) is 0. The molecule has 0 aromatic heterocycles. The van der Waals surface area contributed by atoms with Crippen LogP contribution in [-0.2, 0) is 15.0 Å². The zero-order valence-corrected chi connectivity index (χ0v) is 17.3. The summed E-state index contributed by atoms with van der Waals surface area (Å²) in [6, 6.07) is 16.1. The Kier molecular flexibility index (Phi) is 5.41. The maximum Gasteiger partial charge on any atom is 0.238 e. The minimum atomic E-state index is -0.302. The molecular formula is C24H29N3O2. The maximum absolute atomic E-state index is 13.2. The van der Waals surface area contributed by atoms with Crippen LogP contribution in [0, 0.1) is 13.8 Å². The lowest BCUT2D eigenvalue weighted by molar-refractivity contribution is -0.135. The second-order valence-corrected chi connectivity index (χ2v) is 8.31. The van der Waals surface area contributed by atoms with Gasteiger partial charge in [0, 0.05) is 31.9 Å². The number of hydrogen-bond acceptors (Lipinski definition) is 3. The number of anilines is 1. The van der Waals surface area contributed by atoms with E-state index in [2.05, 4.69) is 22.3 Å². The summed E-state index contributed by atoms with van der Waals surface area (Å²) in [4.78, 5) is 29.7. The van der Waals surface area contributed by atoms with E-state index in [9.17, 15) is 9.59 Å². The Bertz CT molecular complexity index is 898. The van der Waals surface area contributed by atoms with Crippen LogP contribution in [0.25, 0.3) is 0 Å². The number of benzene rings is 2. The van der Waals surface area contributed by atoms with Crippen LogP contribution in [0.2, 0.25) is 0 Å². The first-order chi connectivity index (χ1) is 14.0. The van der Waals surface area contributed by atoms with Crippen LogP contribution in [0.5, 0.6) is 0 Å². The summed E-state index contributed by atoms with van der Waals surface area (Å²) in [5, 5.41) is 3.03. The second-order valence-electron chi connectivity index (χ2n) is 8.31. The first-order valence-electron chi connectivity index (χ1n) is 10.4. The summed E-state index contributed by atoms with van der Waals surface area (Å²) in [5.74, 6) is 0.254. The molecule has 0 radical (unpaired) electrons. The van der Waals surface area contributed by atoms with Gasteiger partial charge in [0.15, 0.2) is 0 Å². The molecule has 2 aromatic rings. The van der Waals surface area contributed by atoms with Crippen molar-refractivity contribution in [2.24, 2.45) is 0 Å². The van der Waals surface area contributed by atoms with Crippen molar-refractivity contribution in [2.75, 3.05) is 38.0 Å². The Morgan fingerprint density at radius 2 is 1.62 bits per heavy atom. The Hall–Kier alpha value is -2.66. The maximum atomic E-state index is 13.2. The largest absolute Gasteiger partial charge is 0.339 e. The van der Waals surface area contributed by atoms with Gasteiger partial charge in [-0.15, -0.1) is 0 Å². The van der Waals surface area contributed by atoms with Gasteiger partial charge in [0.2, 0.25) is 11.8 Å². The molecular weight excluding hydrogens is 362 g/mol. The van der Waals surface area contributed by atoms with Gasteiger partial charge in [-0.25, -0.2) is 0 Å². The smallest absolute Gasteiger partial charge is 0.238 e. The summed E-state index contributed by atoms with van der Waals surface area (Å²) in [6.45, 7) is 7.26. The van der Waals surface area contributed by atoms with Gasteiger partial charge in [-0.1, -0.05) is 42.5 Å². The molecule has 2 aliphatic rings. The van der Waals surface area contributed by atoms with Crippen molar-refractivity contribution in [1.82, 2.24) is 9.80 Å². The molecule has 0 spiro atoms. The number of carbonyl (C=O) groups is 2. The van der Waals surface area contributed by atoms with E-state index in [4.69, 9.17) is 0 Å². The Morgan fingerprint density at radius 3 is 2.28 bits per heavy atom. The summed E-state index contributed by atoms with van der Waals surface area (Å²) in [6.07, 6.45) is 1.88. The van der Waals surface area contributed by atoms with Crippen molar-refractivity contribution in [2.45, 2.75) is 32.1 Å². The van der Waals surface area contributed by atoms with Crippen LogP contribution in [0.3, 0.4) is 0 Å². The van der Waals surface area contributed by atoms with E-state index in [-0.39, 0.29) is 17.2 Å². The quantitative estimate of drug-likeness (QED) is 0.852. The molecule has 1 saturated heterocycles. The highest BCUT2D eigenvalue weighted by Crippen LogP contribution is 2.49. The molecule has 0 atom stereocenters. The van der Waals surface area contributed by atoms with E-state index in [1.807, 2.05) is 55.1 Å². The molecule has 5 nitrogen and oxygen atoms in total. The van der Waals surface area contributed by atoms with Crippen molar-refractivity contribution in [3.05, 3.63) is 65.2 Å². The molecule has 1 heterocycles. The monoisotopic (exact) mass is 391 g/mol. The predicted octanol–water partition coefficient (Wildman–Crippen LogP) is 3.12. The number of piperazine rings is 1. The third kappa shape index (κ3) is 4.06. The highest BCUT2D eigenvalue weighted by Gasteiger charge is 2.53. The summed E-state index contributed by atoms with van der Waals surface area (Å²) < 4.78 is 0. The number of nitrogens with one attached hydrogen (secondary N) is 1. The molecule has 4 rings (SSSR count). The highest BCUT2D eigenvalue weighted by atomic mass is 16.2. The van der Waals surface area contributed by atoms with Gasteiger partial charge >= 0.3 is 0 Å². The standard InChI is InChI=1S/C24H29N3O2/c1-18-7-6-10-21(19(18)2)25-22(28)17-26-13-15-27(16-14-26)23(29)24(11-12-24)20-8-4-3-5-9-20/h3-10H,11-17H2,1-2H3,(H,25,28). The molecule has 2 amide bonds. The second kappa shape index (κ2) is 7.99. The Morgan fingerprint density at radius 1 is 0.931 bits per heavy atom. The van der Waals surface area contributed by atoms with Crippen molar-refractivity contribution in [3.8, 4) is 0 Å². The normalized spacial score (nSPS) is 18.3. The molecule has 1 aliphatic heterocycles. The number of nitrogens with zero attached hydrogens (tertiary/aromatic N) is 2. The minimum Gasteiger partial charge on any atom is -0.339 e. The lowest BCUT2D eigenvalue weighted by Crippen LogP contribution is -2.52. The van der Waals surface area contributed by atoms with Gasteiger partial charge in [-0.3, -0.25) is 14.5 Å². The number of aryl methyl sites for hydroxylation is 1. The number of rotatable bonds is 5. The lowest BCUT2D eigenvalue weighted by atomic mass is 9.94. The molecule has 29 heavy (non-hydrogen) atoms.